The van der Waals surface area contributed by atoms with Crippen molar-refractivity contribution >= 4 is 0 Å². The summed E-state index contributed by atoms with van der Waals surface area (Å²) < 4.78 is 0. The van der Waals surface area contributed by atoms with Crippen molar-refractivity contribution in [3.8, 4) is 0 Å². The predicted octanol–water partition coefficient (Wildman–Crippen LogP) is 0.0854. The Bertz CT molecular complexity index is 122. The van der Waals surface area contributed by atoms with E-state index in [0.29, 0.717) is 0 Å². The van der Waals surface area contributed by atoms with Gasteiger partial charge in [-0.1, -0.05) is 0 Å². The standard InChI is InChI=1S/C7H17N3/c1-5(8)7(6(2)9)10(3)4/h5H,8-9H2,1-4H3/b7-6+. The van der Waals surface area contributed by atoms with Crippen LogP contribution < -0.4 is 11.5 Å². The van der Waals surface area contributed by atoms with Crippen molar-refractivity contribution in [2.24, 2.45) is 11.5 Å². The molecular weight excluding hydrogens is 126 g/mol. The van der Waals surface area contributed by atoms with Crippen LogP contribution in [0.4, 0.5) is 0 Å². The van der Waals surface area contributed by atoms with E-state index in [1.807, 2.05) is 32.8 Å². The van der Waals surface area contributed by atoms with E-state index in [2.05, 4.69) is 0 Å². The molecule has 0 spiro atoms. The van der Waals surface area contributed by atoms with Gasteiger partial charge >= 0.3 is 0 Å². The van der Waals surface area contributed by atoms with Gasteiger partial charge in [0.15, 0.2) is 0 Å². The number of likely N-dealkylation sites (N-methyl/N-ethyl adjacent to an activating group) is 1. The van der Waals surface area contributed by atoms with E-state index in [0.717, 1.165) is 11.4 Å². The van der Waals surface area contributed by atoms with Gasteiger partial charge in [0.05, 0.1) is 0 Å². The largest absolute Gasteiger partial charge is 0.401 e. The van der Waals surface area contributed by atoms with Crippen LogP contribution in [-0.2, 0) is 0 Å². The number of nitrogens with zero attached hydrogens (tertiary/aromatic N) is 1. The highest BCUT2D eigenvalue weighted by Crippen LogP contribution is 2.05. The zero-order valence-electron chi connectivity index (χ0n) is 7.18. The highest BCUT2D eigenvalue weighted by Gasteiger charge is 2.06. The maximum absolute atomic E-state index is 5.66. The van der Waals surface area contributed by atoms with Gasteiger partial charge in [-0.3, -0.25) is 0 Å². The molecule has 3 heteroatoms. The quantitative estimate of drug-likeness (QED) is 0.576. The number of rotatable bonds is 2. The molecule has 0 saturated heterocycles. The molecule has 0 radical (unpaired) electrons. The molecule has 0 heterocycles. The lowest BCUT2D eigenvalue weighted by Gasteiger charge is -2.21. The molecule has 0 aliphatic heterocycles. The van der Waals surface area contributed by atoms with Crippen LogP contribution in [0.2, 0.25) is 0 Å². The van der Waals surface area contributed by atoms with Gasteiger partial charge in [0.25, 0.3) is 0 Å². The summed E-state index contributed by atoms with van der Waals surface area (Å²) in [5.41, 5.74) is 13.0. The minimum absolute atomic E-state index is 0.0139. The lowest BCUT2D eigenvalue weighted by atomic mass is 10.2. The average molecular weight is 143 g/mol. The lowest BCUT2D eigenvalue weighted by molar-refractivity contribution is 0.463. The minimum atomic E-state index is 0.0139. The molecule has 10 heavy (non-hydrogen) atoms. The fourth-order valence-electron chi connectivity index (χ4n) is 1.12. The molecular formula is C7H17N3. The molecule has 1 unspecified atom stereocenters. The summed E-state index contributed by atoms with van der Waals surface area (Å²) in [6.45, 7) is 3.78. The zero-order chi connectivity index (χ0) is 8.31. The van der Waals surface area contributed by atoms with E-state index in [1.165, 1.54) is 0 Å². The van der Waals surface area contributed by atoms with Crippen LogP contribution in [0.15, 0.2) is 11.4 Å². The van der Waals surface area contributed by atoms with Crippen molar-refractivity contribution < 1.29 is 0 Å². The Balaban J connectivity index is 4.44. The molecule has 0 aromatic rings. The average Bonchev–Trinajstić information content (AvgIpc) is 1.59. The lowest BCUT2D eigenvalue weighted by Crippen LogP contribution is -2.30. The summed E-state index contributed by atoms with van der Waals surface area (Å²) in [7, 11) is 3.88. The van der Waals surface area contributed by atoms with Crippen molar-refractivity contribution in [3.63, 3.8) is 0 Å². The van der Waals surface area contributed by atoms with E-state index in [-0.39, 0.29) is 6.04 Å². The Hall–Kier alpha value is -0.700. The van der Waals surface area contributed by atoms with Crippen LogP contribution >= 0.6 is 0 Å². The number of hydrogen-bond donors (Lipinski definition) is 2. The maximum Gasteiger partial charge on any atom is 0.0483 e. The second kappa shape index (κ2) is 3.46. The Kier molecular flexibility index (Phi) is 3.22. The molecule has 0 amide bonds. The number of hydrogen-bond acceptors (Lipinski definition) is 3. The van der Waals surface area contributed by atoms with E-state index in [1.54, 1.807) is 0 Å². The smallest absolute Gasteiger partial charge is 0.0483 e. The topological polar surface area (TPSA) is 55.3 Å². The van der Waals surface area contributed by atoms with Crippen LogP contribution in [0, 0.1) is 0 Å². The van der Waals surface area contributed by atoms with Gasteiger partial charge in [-0.2, -0.15) is 0 Å². The fourth-order valence-corrected chi connectivity index (χ4v) is 1.12. The first kappa shape index (κ1) is 9.30. The molecule has 0 aliphatic rings. The molecule has 0 aliphatic carbocycles. The van der Waals surface area contributed by atoms with Gasteiger partial charge in [0, 0.05) is 31.5 Å². The molecule has 0 aromatic carbocycles. The molecule has 0 saturated carbocycles. The van der Waals surface area contributed by atoms with E-state index in [4.69, 9.17) is 11.5 Å². The molecule has 0 rings (SSSR count). The first-order chi connectivity index (χ1) is 4.46. The highest BCUT2D eigenvalue weighted by molar-refractivity contribution is 5.12. The Morgan fingerprint density at radius 2 is 1.80 bits per heavy atom. The third kappa shape index (κ3) is 2.27. The van der Waals surface area contributed by atoms with Gasteiger partial charge in [-0.15, -0.1) is 0 Å². The van der Waals surface area contributed by atoms with Gasteiger partial charge in [0.1, 0.15) is 0 Å². The van der Waals surface area contributed by atoms with E-state index in [9.17, 15) is 0 Å². The summed E-state index contributed by atoms with van der Waals surface area (Å²) in [5.74, 6) is 0. The summed E-state index contributed by atoms with van der Waals surface area (Å²) in [6, 6.07) is 0.0139. The Morgan fingerprint density at radius 3 is 1.80 bits per heavy atom. The highest BCUT2D eigenvalue weighted by atomic mass is 15.1. The first-order valence-corrected chi connectivity index (χ1v) is 3.36. The zero-order valence-corrected chi connectivity index (χ0v) is 7.18. The third-order valence-corrected chi connectivity index (χ3v) is 1.32. The molecule has 0 fully saturated rings. The van der Waals surface area contributed by atoms with Crippen molar-refractivity contribution in [2.45, 2.75) is 19.9 Å². The van der Waals surface area contributed by atoms with Crippen molar-refractivity contribution in [2.75, 3.05) is 14.1 Å². The van der Waals surface area contributed by atoms with Crippen LogP contribution in [0.3, 0.4) is 0 Å². The van der Waals surface area contributed by atoms with Crippen LogP contribution in [0.5, 0.6) is 0 Å². The monoisotopic (exact) mass is 143 g/mol. The van der Waals surface area contributed by atoms with Gasteiger partial charge in [-0.05, 0) is 13.8 Å². The van der Waals surface area contributed by atoms with Crippen LogP contribution in [0.25, 0.3) is 0 Å². The second-order valence-corrected chi connectivity index (χ2v) is 2.75. The minimum Gasteiger partial charge on any atom is -0.401 e. The Labute approximate surface area is 62.7 Å². The second-order valence-electron chi connectivity index (χ2n) is 2.75. The van der Waals surface area contributed by atoms with Gasteiger partial charge in [-0.25, -0.2) is 0 Å². The fraction of sp³-hybridized carbons (Fsp3) is 0.714. The summed E-state index contributed by atoms with van der Waals surface area (Å²) in [6.07, 6.45) is 0. The van der Waals surface area contributed by atoms with Gasteiger partial charge in [0.2, 0.25) is 0 Å². The van der Waals surface area contributed by atoms with E-state index < -0.39 is 0 Å². The SMILES string of the molecule is C/C(N)=C(/C(C)N)N(C)C. The normalized spacial score (nSPS) is 16.1. The molecule has 3 nitrogen and oxygen atoms in total. The van der Waals surface area contributed by atoms with Gasteiger partial charge < -0.3 is 16.4 Å². The number of nitrogens with two attached hydrogens (primary N) is 2. The molecule has 0 bridgehead atoms. The molecule has 4 N–H and O–H groups in total. The van der Waals surface area contributed by atoms with Crippen LogP contribution in [0.1, 0.15) is 13.8 Å². The maximum atomic E-state index is 5.66. The first-order valence-electron chi connectivity index (χ1n) is 3.36. The van der Waals surface area contributed by atoms with Crippen molar-refractivity contribution in [3.05, 3.63) is 11.4 Å². The van der Waals surface area contributed by atoms with Crippen LogP contribution in [-0.4, -0.2) is 25.0 Å². The van der Waals surface area contributed by atoms with Crippen molar-refractivity contribution in [1.82, 2.24) is 4.90 Å². The molecule has 1 atom stereocenters. The number of allylic oxidation sites excluding steroid dienone is 1. The van der Waals surface area contributed by atoms with E-state index >= 15 is 0 Å². The predicted molar refractivity (Wildman–Crippen MR) is 44.2 cm³/mol. The summed E-state index contributed by atoms with van der Waals surface area (Å²) in [4.78, 5) is 1.94. The Morgan fingerprint density at radius 1 is 1.40 bits per heavy atom. The summed E-state index contributed by atoms with van der Waals surface area (Å²) >= 11 is 0. The summed E-state index contributed by atoms with van der Waals surface area (Å²) in [5, 5.41) is 0. The molecule has 0 aromatic heterocycles. The van der Waals surface area contributed by atoms with Crippen molar-refractivity contribution in [1.29, 1.82) is 0 Å². The molecule has 60 valence electrons. The third-order valence-electron chi connectivity index (χ3n) is 1.32.